The largest absolute Gasteiger partial charge is 0.461 e. The normalized spacial score (nSPS) is 11.3. The van der Waals surface area contributed by atoms with Crippen LogP contribution in [0.3, 0.4) is 0 Å². The minimum atomic E-state index is -0.663. The molecule has 2 heterocycles. The van der Waals surface area contributed by atoms with Gasteiger partial charge in [-0.25, -0.2) is 14.6 Å². The molecule has 2 aromatic heterocycles. The van der Waals surface area contributed by atoms with Crippen molar-refractivity contribution in [3.05, 3.63) is 30.1 Å². The lowest BCUT2D eigenvalue weighted by Crippen LogP contribution is -2.28. The number of imidazole rings is 1. The highest BCUT2D eigenvalue weighted by atomic mass is 16.6. The average molecular weight is 305 g/mol. The van der Waals surface area contributed by atoms with E-state index in [1.165, 1.54) is 0 Å². The molecule has 2 rings (SSSR count). The molecule has 0 saturated heterocycles. The van der Waals surface area contributed by atoms with Gasteiger partial charge in [-0.1, -0.05) is 6.07 Å². The number of amides is 1. The number of nitrogens with zero attached hydrogens (tertiary/aromatic N) is 2. The number of hydrogen-bond donors (Lipinski definition) is 1. The minimum Gasteiger partial charge on any atom is -0.461 e. The summed E-state index contributed by atoms with van der Waals surface area (Å²) in [4.78, 5) is 28.2. The Bertz CT molecular complexity index is 700. The van der Waals surface area contributed by atoms with Gasteiger partial charge in [0.2, 0.25) is 0 Å². The van der Waals surface area contributed by atoms with Gasteiger partial charge in [-0.15, -0.1) is 0 Å². The molecule has 0 aliphatic carbocycles. The highest BCUT2D eigenvalue weighted by Crippen LogP contribution is 2.20. The van der Waals surface area contributed by atoms with Crippen LogP contribution in [0.2, 0.25) is 0 Å². The van der Waals surface area contributed by atoms with Crippen molar-refractivity contribution in [3.63, 3.8) is 0 Å². The summed E-state index contributed by atoms with van der Waals surface area (Å²) in [6.07, 6.45) is 1.03. The number of fused-ring (bicyclic) bond motifs is 1. The number of carbonyl (C=O) groups is 2. The van der Waals surface area contributed by atoms with Gasteiger partial charge in [0, 0.05) is 6.20 Å². The maximum atomic E-state index is 12.0. The zero-order chi connectivity index (χ0) is 16.3. The lowest BCUT2D eigenvalue weighted by atomic mass is 10.2. The number of aromatic nitrogens is 2. The van der Waals surface area contributed by atoms with Gasteiger partial charge in [-0.2, -0.15) is 0 Å². The molecule has 118 valence electrons. The molecule has 22 heavy (non-hydrogen) atoms. The van der Waals surface area contributed by atoms with Crippen LogP contribution in [0.25, 0.3) is 5.65 Å². The second-order valence-electron chi connectivity index (χ2n) is 5.59. The molecule has 0 saturated carbocycles. The highest BCUT2D eigenvalue weighted by molar-refractivity contribution is 5.98. The predicted octanol–water partition coefficient (Wildman–Crippen LogP) is 2.86. The Morgan fingerprint density at radius 2 is 2.05 bits per heavy atom. The van der Waals surface area contributed by atoms with E-state index in [9.17, 15) is 9.59 Å². The minimum absolute atomic E-state index is 0.0407. The molecule has 2 aromatic rings. The molecule has 0 bridgehead atoms. The topological polar surface area (TPSA) is 81.9 Å². The van der Waals surface area contributed by atoms with Crippen molar-refractivity contribution in [2.75, 3.05) is 11.9 Å². The van der Waals surface area contributed by atoms with Crippen LogP contribution in [-0.2, 0) is 9.47 Å². The average Bonchev–Trinajstić information content (AvgIpc) is 2.76. The number of ether oxygens (including phenoxy) is 2. The summed E-state index contributed by atoms with van der Waals surface area (Å²) in [6.45, 7) is 7.20. The molecule has 0 fully saturated rings. The third-order valence-electron chi connectivity index (χ3n) is 2.62. The van der Waals surface area contributed by atoms with Crippen molar-refractivity contribution in [2.45, 2.75) is 33.3 Å². The van der Waals surface area contributed by atoms with Gasteiger partial charge >= 0.3 is 12.1 Å². The van der Waals surface area contributed by atoms with E-state index in [4.69, 9.17) is 9.47 Å². The number of nitrogens with one attached hydrogen (secondary N) is 1. The third kappa shape index (κ3) is 3.55. The SMILES string of the molecule is CCOC(=O)c1nc2ccccn2c1NC(=O)OC(C)(C)C. The summed E-state index contributed by atoms with van der Waals surface area (Å²) in [7, 11) is 0. The van der Waals surface area contributed by atoms with Crippen LogP contribution in [0.5, 0.6) is 0 Å². The van der Waals surface area contributed by atoms with Gasteiger partial charge in [0.05, 0.1) is 6.61 Å². The molecule has 1 amide bonds. The lowest BCUT2D eigenvalue weighted by molar-refractivity contribution is 0.0521. The quantitative estimate of drug-likeness (QED) is 0.882. The lowest BCUT2D eigenvalue weighted by Gasteiger charge is -2.19. The standard InChI is InChI=1S/C15H19N3O4/c1-5-21-13(19)11-12(17-14(20)22-15(2,3)4)18-9-7-6-8-10(18)16-11/h6-9H,5H2,1-4H3,(H,17,20). The Hall–Kier alpha value is -2.57. The zero-order valence-electron chi connectivity index (χ0n) is 13.0. The fraction of sp³-hybridized carbons (Fsp3) is 0.400. The van der Waals surface area contributed by atoms with Crippen LogP contribution in [0.1, 0.15) is 38.2 Å². The third-order valence-corrected chi connectivity index (χ3v) is 2.62. The van der Waals surface area contributed by atoms with Gasteiger partial charge in [0.15, 0.2) is 11.5 Å². The first-order valence-electron chi connectivity index (χ1n) is 6.96. The van der Waals surface area contributed by atoms with Crippen molar-refractivity contribution in [1.29, 1.82) is 0 Å². The Morgan fingerprint density at radius 1 is 1.32 bits per heavy atom. The second kappa shape index (κ2) is 6.05. The molecule has 7 nitrogen and oxygen atoms in total. The van der Waals surface area contributed by atoms with Gasteiger partial charge in [-0.3, -0.25) is 9.72 Å². The molecule has 0 aliphatic heterocycles. The van der Waals surface area contributed by atoms with Crippen LogP contribution in [0.15, 0.2) is 24.4 Å². The highest BCUT2D eigenvalue weighted by Gasteiger charge is 2.24. The number of esters is 1. The number of pyridine rings is 1. The van der Waals surface area contributed by atoms with E-state index in [1.54, 1.807) is 56.5 Å². The van der Waals surface area contributed by atoms with Crippen molar-refractivity contribution in [1.82, 2.24) is 9.38 Å². The van der Waals surface area contributed by atoms with E-state index in [2.05, 4.69) is 10.3 Å². The number of rotatable bonds is 3. The molecule has 0 radical (unpaired) electrons. The zero-order valence-corrected chi connectivity index (χ0v) is 13.0. The summed E-state index contributed by atoms with van der Waals surface area (Å²) < 4.78 is 11.8. The van der Waals surface area contributed by atoms with Gasteiger partial charge in [0.1, 0.15) is 11.2 Å². The molecule has 0 atom stereocenters. The van der Waals surface area contributed by atoms with E-state index in [1.807, 2.05) is 0 Å². The van der Waals surface area contributed by atoms with E-state index < -0.39 is 17.7 Å². The fourth-order valence-electron chi connectivity index (χ4n) is 1.86. The second-order valence-corrected chi connectivity index (χ2v) is 5.59. The fourth-order valence-corrected chi connectivity index (χ4v) is 1.86. The maximum absolute atomic E-state index is 12.0. The Morgan fingerprint density at radius 3 is 2.68 bits per heavy atom. The van der Waals surface area contributed by atoms with Gasteiger partial charge in [-0.05, 0) is 39.8 Å². The molecule has 7 heteroatoms. The predicted molar refractivity (Wildman–Crippen MR) is 81.0 cm³/mol. The van der Waals surface area contributed by atoms with Crippen LogP contribution in [0, 0.1) is 0 Å². The Kier molecular flexibility index (Phi) is 4.35. The van der Waals surface area contributed by atoms with E-state index in [0.717, 1.165) is 0 Å². The first-order valence-corrected chi connectivity index (χ1v) is 6.96. The molecule has 0 aromatic carbocycles. The summed E-state index contributed by atoms with van der Waals surface area (Å²) in [5.41, 5.74) is -0.0789. The van der Waals surface area contributed by atoms with Crippen molar-refractivity contribution in [3.8, 4) is 0 Å². The first-order chi connectivity index (χ1) is 10.3. The monoisotopic (exact) mass is 305 g/mol. The molecule has 1 N–H and O–H groups in total. The van der Waals surface area contributed by atoms with Crippen LogP contribution < -0.4 is 5.32 Å². The summed E-state index contributed by atoms with van der Waals surface area (Å²) in [5.74, 6) is -0.374. The van der Waals surface area contributed by atoms with E-state index in [-0.39, 0.29) is 18.1 Å². The summed E-state index contributed by atoms with van der Waals surface area (Å²) in [5, 5.41) is 2.57. The molecular weight excluding hydrogens is 286 g/mol. The van der Waals surface area contributed by atoms with Gasteiger partial charge in [0.25, 0.3) is 0 Å². The maximum Gasteiger partial charge on any atom is 0.413 e. The Labute approximate surface area is 128 Å². The summed E-state index contributed by atoms with van der Waals surface area (Å²) in [6, 6.07) is 5.28. The number of carbonyl (C=O) groups excluding carboxylic acids is 2. The van der Waals surface area contributed by atoms with Crippen LogP contribution >= 0.6 is 0 Å². The smallest absolute Gasteiger partial charge is 0.413 e. The first kappa shape index (κ1) is 15.8. The van der Waals surface area contributed by atoms with Crippen LogP contribution in [-0.4, -0.2) is 33.7 Å². The number of hydrogen-bond acceptors (Lipinski definition) is 5. The van der Waals surface area contributed by atoms with Crippen molar-refractivity contribution < 1.29 is 19.1 Å². The van der Waals surface area contributed by atoms with Crippen LogP contribution in [0.4, 0.5) is 10.6 Å². The van der Waals surface area contributed by atoms with E-state index in [0.29, 0.717) is 5.65 Å². The Balaban J connectivity index is 2.39. The molecule has 0 unspecified atom stereocenters. The van der Waals surface area contributed by atoms with Gasteiger partial charge < -0.3 is 9.47 Å². The number of anilines is 1. The molecule has 0 aliphatic rings. The van der Waals surface area contributed by atoms with E-state index >= 15 is 0 Å². The molecule has 0 spiro atoms. The van der Waals surface area contributed by atoms with Crippen molar-refractivity contribution in [2.24, 2.45) is 0 Å². The summed E-state index contributed by atoms with van der Waals surface area (Å²) >= 11 is 0. The van der Waals surface area contributed by atoms with Crippen molar-refractivity contribution >= 4 is 23.5 Å². The molecular formula is C15H19N3O4.